The topological polar surface area (TPSA) is 63.9 Å². The van der Waals surface area contributed by atoms with Crippen LogP contribution < -0.4 is 0 Å². The first-order valence-electron chi connectivity index (χ1n) is 10.4. The molecule has 2 aromatic carbocycles. The van der Waals surface area contributed by atoms with Gasteiger partial charge in [0.05, 0.1) is 29.1 Å². The molecule has 1 amide bonds. The third-order valence-electron chi connectivity index (χ3n) is 5.86. The van der Waals surface area contributed by atoms with Crippen LogP contribution in [0, 0.1) is 0 Å². The van der Waals surface area contributed by atoms with Crippen molar-refractivity contribution in [1.82, 2.24) is 24.6 Å². The predicted octanol–water partition coefficient (Wildman–Crippen LogP) is 4.44. The summed E-state index contributed by atoms with van der Waals surface area (Å²) in [7, 11) is 1.92. The van der Waals surface area contributed by atoms with Crippen molar-refractivity contribution in [3.05, 3.63) is 78.2 Å². The van der Waals surface area contributed by atoms with E-state index in [-0.39, 0.29) is 11.9 Å². The van der Waals surface area contributed by atoms with Gasteiger partial charge in [0, 0.05) is 7.05 Å². The van der Waals surface area contributed by atoms with E-state index in [1.165, 1.54) is 29.2 Å². The average Bonchev–Trinajstić information content (AvgIpc) is 3.27. The molecule has 0 fully saturated rings. The lowest BCUT2D eigenvalue weighted by molar-refractivity contribution is -0.129. The maximum absolute atomic E-state index is 13.0. The van der Waals surface area contributed by atoms with Crippen LogP contribution in [-0.4, -0.2) is 43.4 Å². The predicted molar refractivity (Wildman–Crippen MR) is 122 cm³/mol. The van der Waals surface area contributed by atoms with Gasteiger partial charge in [0.1, 0.15) is 11.4 Å². The second-order valence-corrected chi connectivity index (χ2v) is 8.67. The summed E-state index contributed by atoms with van der Waals surface area (Å²) in [5.41, 5.74) is 4.32. The fourth-order valence-corrected chi connectivity index (χ4v) is 5.12. The molecule has 0 saturated heterocycles. The molecule has 1 atom stereocenters. The van der Waals surface area contributed by atoms with E-state index in [9.17, 15) is 4.79 Å². The molecule has 5 rings (SSSR count). The molecule has 2 heterocycles. The largest absolute Gasteiger partial charge is 0.338 e. The number of hydrogen-bond acceptors (Lipinski definition) is 5. The summed E-state index contributed by atoms with van der Waals surface area (Å²) in [6, 6.07) is 18.5. The minimum Gasteiger partial charge on any atom is -0.338 e. The maximum Gasteiger partial charge on any atom is 0.233 e. The molecule has 156 valence electrons. The van der Waals surface area contributed by atoms with Crippen molar-refractivity contribution in [3.8, 4) is 5.69 Å². The van der Waals surface area contributed by atoms with Gasteiger partial charge in [0.15, 0.2) is 5.65 Å². The van der Waals surface area contributed by atoms with Gasteiger partial charge in [0.25, 0.3) is 0 Å². The summed E-state index contributed by atoms with van der Waals surface area (Å²) in [6.07, 6.45) is 6.52. The number of thioether (sulfide) groups is 1. The van der Waals surface area contributed by atoms with Crippen molar-refractivity contribution in [3.63, 3.8) is 0 Å². The zero-order valence-corrected chi connectivity index (χ0v) is 18.1. The van der Waals surface area contributed by atoms with E-state index in [1.54, 1.807) is 10.9 Å². The quantitative estimate of drug-likeness (QED) is 0.347. The van der Waals surface area contributed by atoms with Crippen LogP contribution in [0.2, 0.25) is 0 Å². The Morgan fingerprint density at radius 2 is 1.94 bits per heavy atom. The second-order valence-electron chi connectivity index (χ2n) is 7.71. The van der Waals surface area contributed by atoms with Gasteiger partial charge in [-0.15, -0.1) is 0 Å². The summed E-state index contributed by atoms with van der Waals surface area (Å²) in [5.74, 6) is 0.437. The molecule has 0 radical (unpaired) electrons. The number of hydrogen-bond donors (Lipinski definition) is 0. The first-order chi connectivity index (χ1) is 15.2. The zero-order chi connectivity index (χ0) is 21.2. The summed E-state index contributed by atoms with van der Waals surface area (Å²) in [5, 5.41) is 6.12. The number of rotatable bonds is 5. The van der Waals surface area contributed by atoms with Crippen molar-refractivity contribution < 1.29 is 4.79 Å². The first-order valence-corrected chi connectivity index (χ1v) is 11.4. The van der Waals surface area contributed by atoms with Gasteiger partial charge in [0.2, 0.25) is 5.91 Å². The number of carbonyl (C=O) groups excluding carboxylic acids is 1. The molecule has 1 aliphatic rings. The average molecular weight is 430 g/mol. The van der Waals surface area contributed by atoms with Crippen LogP contribution in [0.5, 0.6) is 0 Å². The molecule has 0 bridgehead atoms. The van der Waals surface area contributed by atoms with Gasteiger partial charge in [-0.2, -0.15) is 5.10 Å². The summed E-state index contributed by atoms with van der Waals surface area (Å²) in [4.78, 5) is 23.8. The minimum absolute atomic E-state index is 0.105. The lowest BCUT2D eigenvalue weighted by atomic mass is 9.87. The van der Waals surface area contributed by atoms with Crippen LogP contribution in [0.1, 0.15) is 30.0 Å². The van der Waals surface area contributed by atoms with Gasteiger partial charge >= 0.3 is 0 Å². The Bertz CT molecular complexity index is 1220. The Balaban J connectivity index is 1.33. The van der Waals surface area contributed by atoms with E-state index in [1.807, 2.05) is 42.3 Å². The molecule has 31 heavy (non-hydrogen) atoms. The Morgan fingerprint density at radius 1 is 1.13 bits per heavy atom. The molecule has 1 aliphatic carbocycles. The van der Waals surface area contributed by atoms with Crippen LogP contribution in [0.15, 0.2) is 72.1 Å². The highest BCUT2D eigenvalue weighted by atomic mass is 32.2. The van der Waals surface area contributed by atoms with Crippen molar-refractivity contribution in [2.75, 3.05) is 12.8 Å². The van der Waals surface area contributed by atoms with Gasteiger partial charge < -0.3 is 4.90 Å². The number of para-hydroxylation sites is 1. The normalized spacial score (nSPS) is 15.6. The number of nitrogens with zero attached hydrogens (tertiary/aromatic N) is 5. The number of carbonyl (C=O) groups is 1. The lowest BCUT2D eigenvalue weighted by Crippen LogP contribution is -2.34. The summed E-state index contributed by atoms with van der Waals surface area (Å²) in [6.45, 7) is 0. The Hall–Kier alpha value is -3.19. The monoisotopic (exact) mass is 429 g/mol. The number of aromatic nitrogens is 4. The van der Waals surface area contributed by atoms with Gasteiger partial charge in [-0.05, 0) is 42.5 Å². The molecule has 0 spiro atoms. The molecular weight excluding hydrogens is 406 g/mol. The third kappa shape index (κ3) is 3.81. The molecule has 2 aromatic heterocycles. The highest BCUT2D eigenvalue weighted by Gasteiger charge is 2.26. The number of fused-ring (bicyclic) bond motifs is 2. The highest BCUT2D eigenvalue weighted by Crippen LogP contribution is 2.34. The van der Waals surface area contributed by atoms with Crippen molar-refractivity contribution in [2.45, 2.75) is 30.3 Å². The summed E-state index contributed by atoms with van der Waals surface area (Å²) < 4.78 is 1.80. The lowest BCUT2D eigenvalue weighted by Gasteiger charge is -2.33. The molecular formula is C24H23N5OS. The van der Waals surface area contributed by atoms with E-state index in [4.69, 9.17) is 0 Å². The fourth-order valence-electron chi connectivity index (χ4n) is 4.23. The molecule has 0 N–H and O–H groups in total. The Kier molecular flexibility index (Phi) is 5.42. The standard InChI is InChI=1S/C24H23N5OS/c1-28(21-13-7-9-17-8-5-6-12-19(17)21)22(30)15-31-24-20-14-27-29(23(20)25-16-26-24)18-10-3-2-4-11-18/h2-6,8,10-12,14,16,21H,7,9,13,15H2,1H3. The van der Waals surface area contributed by atoms with Crippen LogP contribution in [-0.2, 0) is 11.2 Å². The van der Waals surface area contributed by atoms with E-state index >= 15 is 0 Å². The highest BCUT2D eigenvalue weighted by molar-refractivity contribution is 8.00. The van der Waals surface area contributed by atoms with E-state index in [0.717, 1.165) is 41.0 Å². The van der Waals surface area contributed by atoms with Crippen LogP contribution in [0.25, 0.3) is 16.7 Å². The maximum atomic E-state index is 13.0. The molecule has 0 saturated carbocycles. The number of benzene rings is 2. The Labute approximate surface area is 185 Å². The smallest absolute Gasteiger partial charge is 0.233 e. The molecule has 4 aromatic rings. The second kappa shape index (κ2) is 8.51. The van der Waals surface area contributed by atoms with E-state index in [2.05, 4.69) is 39.3 Å². The van der Waals surface area contributed by atoms with Gasteiger partial charge in [-0.25, -0.2) is 14.6 Å². The van der Waals surface area contributed by atoms with Crippen LogP contribution in [0.4, 0.5) is 0 Å². The Morgan fingerprint density at radius 3 is 2.81 bits per heavy atom. The molecule has 1 unspecified atom stereocenters. The molecule has 0 aliphatic heterocycles. The van der Waals surface area contributed by atoms with E-state index in [0.29, 0.717) is 5.75 Å². The minimum atomic E-state index is 0.105. The first kappa shape index (κ1) is 19.8. The zero-order valence-electron chi connectivity index (χ0n) is 17.3. The number of aryl methyl sites for hydroxylation is 1. The van der Waals surface area contributed by atoms with Gasteiger partial charge in [-0.1, -0.05) is 54.2 Å². The van der Waals surface area contributed by atoms with Crippen molar-refractivity contribution >= 4 is 28.7 Å². The van der Waals surface area contributed by atoms with Crippen molar-refractivity contribution in [1.29, 1.82) is 0 Å². The van der Waals surface area contributed by atoms with Crippen LogP contribution in [0.3, 0.4) is 0 Å². The fraction of sp³-hybridized carbons (Fsp3) is 0.250. The van der Waals surface area contributed by atoms with E-state index < -0.39 is 0 Å². The summed E-state index contributed by atoms with van der Waals surface area (Å²) >= 11 is 1.44. The number of amides is 1. The van der Waals surface area contributed by atoms with Crippen molar-refractivity contribution in [2.24, 2.45) is 0 Å². The molecule has 7 heteroatoms. The molecule has 6 nitrogen and oxygen atoms in total. The van der Waals surface area contributed by atoms with Crippen LogP contribution >= 0.6 is 11.8 Å². The SMILES string of the molecule is CN(C(=O)CSc1ncnc2c1cnn2-c1ccccc1)C1CCCc2ccccc21. The third-order valence-corrected chi connectivity index (χ3v) is 6.85. The van der Waals surface area contributed by atoms with Gasteiger partial charge in [-0.3, -0.25) is 4.79 Å².